The van der Waals surface area contributed by atoms with Crippen LogP contribution in [0.1, 0.15) is 31.2 Å². The molecule has 110 valence electrons. The van der Waals surface area contributed by atoms with E-state index in [9.17, 15) is 13.2 Å². The van der Waals surface area contributed by atoms with Gasteiger partial charge in [0.1, 0.15) is 0 Å². The van der Waals surface area contributed by atoms with E-state index in [2.05, 4.69) is 0 Å². The van der Waals surface area contributed by atoms with Gasteiger partial charge in [-0.15, -0.1) is 0 Å². The van der Waals surface area contributed by atoms with Crippen molar-refractivity contribution in [1.82, 2.24) is 0 Å². The molecule has 1 fully saturated rings. The van der Waals surface area contributed by atoms with Gasteiger partial charge in [0.2, 0.25) is 0 Å². The molecule has 0 bridgehead atoms. The summed E-state index contributed by atoms with van der Waals surface area (Å²) in [6, 6.07) is 9.40. The minimum Gasteiger partial charge on any atom is -0.170 e. The van der Waals surface area contributed by atoms with Crippen LogP contribution in [0.3, 0.4) is 0 Å². The standard InChI is InChI=1S/C16H18ClF3/c17-11-14-9-5-4-8-13(15(14)16(18,19)20)10-12-6-2-1-3-7-12/h1-3,6-7,11,13,15H,4-5,8-10H2. The summed E-state index contributed by atoms with van der Waals surface area (Å²) in [5.74, 6) is -1.81. The summed E-state index contributed by atoms with van der Waals surface area (Å²) in [5.41, 5.74) is 2.46. The molecule has 2 atom stereocenters. The molecule has 4 heteroatoms. The average Bonchev–Trinajstić information content (AvgIpc) is 2.61. The first-order valence-corrected chi connectivity index (χ1v) is 7.36. The van der Waals surface area contributed by atoms with Gasteiger partial charge in [0, 0.05) is 5.54 Å². The van der Waals surface area contributed by atoms with Gasteiger partial charge in [-0.25, -0.2) is 0 Å². The molecular formula is C16H18ClF3. The van der Waals surface area contributed by atoms with Gasteiger partial charge in [-0.05, 0) is 42.7 Å². The van der Waals surface area contributed by atoms with Gasteiger partial charge in [0.05, 0.1) is 5.92 Å². The van der Waals surface area contributed by atoms with Crippen molar-refractivity contribution >= 4 is 11.6 Å². The van der Waals surface area contributed by atoms with Crippen LogP contribution in [0.5, 0.6) is 0 Å². The molecule has 0 heterocycles. The summed E-state index contributed by atoms with van der Waals surface area (Å²) in [6.45, 7) is 0. The van der Waals surface area contributed by atoms with Gasteiger partial charge in [0.25, 0.3) is 0 Å². The summed E-state index contributed by atoms with van der Waals surface area (Å²) < 4.78 is 40.2. The summed E-state index contributed by atoms with van der Waals surface area (Å²) in [7, 11) is 0. The number of rotatable bonds is 2. The molecule has 0 spiro atoms. The van der Waals surface area contributed by atoms with Crippen molar-refractivity contribution in [3.05, 3.63) is 47.0 Å². The van der Waals surface area contributed by atoms with Crippen LogP contribution in [0.25, 0.3) is 0 Å². The van der Waals surface area contributed by atoms with Crippen LogP contribution in [0, 0.1) is 11.8 Å². The van der Waals surface area contributed by atoms with Gasteiger partial charge in [0.15, 0.2) is 0 Å². The molecule has 0 nitrogen and oxygen atoms in total. The Kier molecular flexibility index (Phi) is 5.14. The summed E-state index contributed by atoms with van der Waals surface area (Å²) in [4.78, 5) is 0. The lowest BCUT2D eigenvalue weighted by Gasteiger charge is -2.29. The molecule has 2 unspecified atom stereocenters. The Labute approximate surface area is 122 Å². The molecule has 0 aromatic heterocycles. The average molecular weight is 303 g/mol. The van der Waals surface area contributed by atoms with E-state index in [1.807, 2.05) is 30.3 Å². The Morgan fingerprint density at radius 1 is 1.15 bits per heavy atom. The smallest absolute Gasteiger partial charge is 0.170 e. The van der Waals surface area contributed by atoms with Crippen LogP contribution in [0.4, 0.5) is 13.2 Å². The molecule has 1 aliphatic rings. The minimum atomic E-state index is -4.22. The predicted octanol–water partition coefficient (Wildman–Crippen LogP) is 5.72. The number of hydrogen-bond donors (Lipinski definition) is 0. The van der Waals surface area contributed by atoms with Crippen molar-refractivity contribution in [3.8, 4) is 0 Å². The molecule has 20 heavy (non-hydrogen) atoms. The first kappa shape index (κ1) is 15.4. The van der Waals surface area contributed by atoms with Crippen LogP contribution >= 0.6 is 11.6 Å². The fraction of sp³-hybridized carbons (Fsp3) is 0.500. The van der Waals surface area contributed by atoms with E-state index in [0.717, 1.165) is 23.9 Å². The van der Waals surface area contributed by atoms with Gasteiger partial charge < -0.3 is 0 Å². The highest BCUT2D eigenvalue weighted by Crippen LogP contribution is 2.44. The van der Waals surface area contributed by atoms with E-state index in [1.165, 1.54) is 0 Å². The molecule has 0 saturated heterocycles. The zero-order valence-corrected chi connectivity index (χ0v) is 11.9. The maximum absolute atomic E-state index is 13.4. The minimum absolute atomic E-state index is 0.345. The van der Waals surface area contributed by atoms with Gasteiger partial charge in [-0.2, -0.15) is 13.2 Å². The predicted molar refractivity (Wildman–Crippen MR) is 75.6 cm³/mol. The zero-order valence-electron chi connectivity index (χ0n) is 11.2. The molecule has 1 saturated carbocycles. The molecule has 1 aromatic rings. The molecular weight excluding hydrogens is 285 g/mol. The van der Waals surface area contributed by atoms with Crippen LogP contribution in [0.15, 0.2) is 41.4 Å². The Hall–Kier alpha value is -0.960. The quantitative estimate of drug-likeness (QED) is 0.613. The topological polar surface area (TPSA) is 0 Å². The summed E-state index contributed by atoms with van der Waals surface area (Å²) in [5, 5.41) is 0. The third-order valence-corrected chi connectivity index (χ3v) is 4.28. The second kappa shape index (κ2) is 6.66. The highest BCUT2D eigenvalue weighted by molar-refractivity contribution is 6.25. The Morgan fingerprint density at radius 3 is 2.45 bits per heavy atom. The van der Waals surface area contributed by atoms with Crippen molar-refractivity contribution in [3.63, 3.8) is 0 Å². The molecule has 0 aliphatic heterocycles. The van der Waals surface area contributed by atoms with E-state index in [0.29, 0.717) is 24.8 Å². The lowest BCUT2D eigenvalue weighted by atomic mass is 9.80. The van der Waals surface area contributed by atoms with Crippen LogP contribution in [-0.4, -0.2) is 6.18 Å². The van der Waals surface area contributed by atoms with Crippen molar-refractivity contribution in [1.29, 1.82) is 0 Å². The van der Waals surface area contributed by atoms with Crippen molar-refractivity contribution < 1.29 is 13.2 Å². The first-order valence-electron chi connectivity index (χ1n) is 6.92. The number of allylic oxidation sites excluding steroid dienone is 1. The number of alkyl halides is 3. The zero-order chi connectivity index (χ0) is 14.6. The lowest BCUT2D eigenvalue weighted by Crippen LogP contribution is -2.32. The first-order chi connectivity index (χ1) is 9.52. The Bertz CT molecular complexity index is 451. The largest absolute Gasteiger partial charge is 0.395 e. The third kappa shape index (κ3) is 3.78. The Balaban J connectivity index is 2.26. The molecule has 0 N–H and O–H groups in total. The molecule has 0 amide bonds. The van der Waals surface area contributed by atoms with E-state index in [-0.39, 0.29) is 0 Å². The Morgan fingerprint density at radius 2 is 1.85 bits per heavy atom. The third-order valence-electron chi connectivity index (χ3n) is 3.99. The molecule has 2 rings (SSSR count). The number of benzene rings is 1. The maximum atomic E-state index is 13.4. The highest BCUT2D eigenvalue weighted by Gasteiger charge is 2.46. The maximum Gasteiger partial charge on any atom is 0.395 e. The van der Waals surface area contributed by atoms with Gasteiger partial charge in [-0.3, -0.25) is 0 Å². The SMILES string of the molecule is FC(F)(F)C1C(=CCl)CCCCC1Cc1ccccc1. The summed E-state index contributed by atoms with van der Waals surface area (Å²) >= 11 is 5.66. The van der Waals surface area contributed by atoms with Crippen LogP contribution < -0.4 is 0 Å². The molecule has 0 radical (unpaired) electrons. The second-order valence-electron chi connectivity index (χ2n) is 5.40. The van der Waals surface area contributed by atoms with E-state index >= 15 is 0 Å². The van der Waals surface area contributed by atoms with E-state index in [1.54, 1.807) is 0 Å². The van der Waals surface area contributed by atoms with Crippen molar-refractivity contribution in [2.45, 2.75) is 38.3 Å². The van der Waals surface area contributed by atoms with Crippen molar-refractivity contribution in [2.75, 3.05) is 0 Å². The normalized spacial score (nSPS) is 26.5. The fourth-order valence-corrected chi connectivity index (χ4v) is 3.34. The fourth-order valence-electron chi connectivity index (χ4n) is 3.10. The van der Waals surface area contributed by atoms with Gasteiger partial charge in [-0.1, -0.05) is 48.4 Å². The second-order valence-corrected chi connectivity index (χ2v) is 5.62. The van der Waals surface area contributed by atoms with Crippen LogP contribution in [-0.2, 0) is 6.42 Å². The number of halogens is 4. The molecule has 1 aromatic carbocycles. The van der Waals surface area contributed by atoms with Crippen molar-refractivity contribution in [2.24, 2.45) is 11.8 Å². The number of hydrogen-bond acceptors (Lipinski definition) is 0. The highest BCUT2D eigenvalue weighted by atomic mass is 35.5. The summed E-state index contributed by atoms with van der Waals surface area (Å²) in [6.07, 6.45) is -1.08. The molecule has 1 aliphatic carbocycles. The van der Waals surface area contributed by atoms with Gasteiger partial charge >= 0.3 is 6.18 Å². The lowest BCUT2D eigenvalue weighted by molar-refractivity contribution is -0.177. The monoisotopic (exact) mass is 302 g/mol. The van der Waals surface area contributed by atoms with Crippen LogP contribution in [0.2, 0.25) is 0 Å². The van der Waals surface area contributed by atoms with E-state index in [4.69, 9.17) is 11.6 Å². The van der Waals surface area contributed by atoms with E-state index < -0.39 is 18.0 Å².